The first kappa shape index (κ1) is 20.8. The van der Waals surface area contributed by atoms with Crippen molar-refractivity contribution in [3.05, 3.63) is 24.0 Å². The molecule has 2 aromatic rings. The van der Waals surface area contributed by atoms with Crippen molar-refractivity contribution in [2.24, 2.45) is 0 Å². The minimum Gasteiger partial charge on any atom is -0.379 e. The van der Waals surface area contributed by atoms with Gasteiger partial charge in [-0.2, -0.15) is 4.31 Å². The minimum absolute atomic E-state index is 0.322. The lowest BCUT2D eigenvalue weighted by Crippen LogP contribution is -2.40. The highest BCUT2D eigenvalue weighted by molar-refractivity contribution is 7.89. The van der Waals surface area contributed by atoms with Gasteiger partial charge in [0.25, 0.3) is 0 Å². The molecule has 0 amide bonds. The second-order valence-corrected chi connectivity index (χ2v) is 9.88. The third-order valence-electron chi connectivity index (χ3n) is 6.31. The topological polar surface area (TPSA) is 67.7 Å². The van der Waals surface area contributed by atoms with E-state index >= 15 is 0 Å². The van der Waals surface area contributed by atoms with E-state index in [1.807, 2.05) is 6.07 Å². The van der Waals surface area contributed by atoms with Gasteiger partial charge in [-0.1, -0.05) is 19.8 Å². The van der Waals surface area contributed by atoms with E-state index in [1.165, 1.54) is 30.0 Å². The summed E-state index contributed by atoms with van der Waals surface area (Å²) in [5.74, 6) is 1.03. The lowest BCUT2D eigenvalue weighted by atomic mass is 10.2. The number of fused-ring (bicyclic) bond motifs is 1. The molecular formula is C21H32N4O3S. The number of morpholine rings is 1. The van der Waals surface area contributed by atoms with E-state index in [0.29, 0.717) is 37.2 Å². The zero-order valence-electron chi connectivity index (χ0n) is 17.5. The van der Waals surface area contributed by atoms with Crippen molar-refractivity contribution in [2.75, 3.05) is 32.8 Å². The van der Waals surface area contributed by atoms with E-state index in [2.05, 4.69) is 23.3 Å². The minimum atomic E-state index is -3.51. The van der Waals surface area contributed by atoms with Crippen molar-refractivity contribution in [2.45, 2.75) is 63.6 Å². The van der Waals surface area contributed by atoms with Crippen molar-refractivity contribution >= 4 is 21.1 Å². The Hall–Kier alpha value is -1.48. The normalized spacial score (nSPS) is 19.6. The monoisotopic (exact) mass is 420 g/mol. The maximum atomic E-state index is 13.0. The smallest absolute Gasteiger partial charge is 0.243 e. The van der Waals surface area contributed by atoms with E-state index in [0.717, 1.165) is 36.5 Å². The molecule has 2 heterocycles. The third kappa shape index (κ3) is 4.08. The summed E-state index contributed by atoms with van der Waals surface area (Å²) in [6.07, 6.45) is 5.16. The molecule has 1 saturated carbocycles. The molecule has 7 nitrogen and oxygen atoms in total. The predicted octanol–water partition coefficient (Wildman–Crippen LogP) is 2.84. The van der Waals surface area contributed by atoms with Crippen molar-refractivity contribution in [1.82, 2.24) is 18.8 Å². The molecule has 0 atom stereocenters. The van der Waals surface area contributed by atoms with E-state index in [9.17, 15) is 8.42 Å². The Bertz CT molecular complexity index is 944. The fourth-order valence-electron chi connectivity index (χ4n) is 4.68. The summed E-state index contributed by atoms with van der Waals surface area (Å²) < 4.78 is 35.1. The van der Waals surface area contributed by atoms with Crippen LogP contribution in [0.15, 0.2) is 23.1 Å². The zero-order valence-corrected chi connectivity index (χ0v) is 18.3. The summed E-state index contributed by atoms with van der Waals surface area (Å²) in [4.78, 5) is 7.72. The van der Waals surface area contributed by atoms with Crippen LogP contribution in [0.25, 0.3) is 11.0 Å². The van der Waals surface area contributed by atoms with Gasteiger partial charge in [0.15, 0.2) is 0 Å². The van der Waals surface area contributed by atoms with Crippen LogP contribution in [0.4, 0.5) is 0 Å². The van der Waals surface area contributed by atoms with Gasteiger partial charge in [-0.3, -0.25) is 4.90 Å². The van der Waals surface area contributed by atoms with Crippen LogP contribution < -0.4 is 0 Å². The standard InChI is InChI=1S/C21H32N4O3S/c1-3-23(17-7-5-6-8-17)16-21-22-19-15-18(9-10-20(19)25(21)4-2)29(26,27)24-11-13-28-14-12-24/h9-10,15,17H,3-8,11-14,16H2,1-2H3. The molecule has 0 spiro atoms. The maximum Gasteiger partial charge on any atom is 0.243 e. The molecule has 4 rings (SSSR count). The summed E-state index contributed by atoms with van der Waals surface area (Å²) in [5.41, 5.74) is 1.77. The first-order chi connectivity index (χ1) is 14.0. The van der Waals surface area contributed by atoms with Gasteiger partial charge in [0.1, 0.15) is 5.82 Å². The number of hydrogen-bond donors (Lipinski definition) is 0. The number of nitrogens with zero attached hydrogens (tertiary/aromatic N) is 4. The van der Waals surface area contributed by atoms with Crippen LogP contribution in [0.5, 0.6) is 0 Å². The number of hydrogen-bond acceptors (Lipinski definition) is 5. The summed E-state index contributed by atoms with van der Waals surface area (Å²) in [6, 6.07) is 6.01. The molecule has 1 aliphatic carbocycles. The average molecular weight is 421 g/mol. The van der Waals surface area contributed by atoms with Gasteiger partial charge in [0.05, 0.1) is 35.7 Å². The number of rotatable bonds is 7. The van der Waals surface area contributed by atoms with Crippen LogP contribution in [-0.2, 0) is 27.8 Å². The molecule has 2 fully saturated rings. The lowest BCUT2D eigenvalue weighted by molar-refractivity contribution is 0.0730. The van der Waals surface area contributed by atoms with Gasteiger partial charge in [0.2, 0.25) is 10.0 Å². The van der Waals surface area contributed by atoms with E-state index in [-0.39, 0.29) is 0 Å². The number of sulfonamides is 1. The SMILES string of the molecule is CCN(Cc1nc2cc(S(=O)(=O)N3CCOCC3)ccc2n1CC)C1CCCC1. The molecule has 8 heteroatoms. The van der Waals surface area contributed by atoms with Crippen LogP contribution in [0.1, 0.15) is 45.4 Å². The molecule has 160 valence electrons. The summed E-state index contributed by atoms with van der Waals surface area (Å²) >= 11 is 0. The molecule has 29 heavy (non-hydrogen) atoms. The van der Waals surface area contributed by atoms with Crippen LogP contribution in [0.3, 0.4) is 0 Å². The Labute approximate surface area is 173 Å². The molecule has 1 saturated heterocycles. The van der Waals surface area contributed by atoms with Gasteiger partial charge in [-0.25, -0.2) is 13.4 Å². The molecule has 0 radical (unpaired) electrons. The first-order valence-electron chi connectivity index (χ1n) is 10.9. The van der Waals surface area contributed by atoms with Crippen molar-refractivity contribution in [1.29, 1.82) is 0 Å². The Kier molecular flexibility index (Phi) is 6.24. The second kappa shape index (κ2) is 8.71. The van der Waals surface area contributed by atoms with Crippen molar-refractivity contribution in [3.63, 3.8) is 0 Å². The number of aromatic nitrogens is 2. The van der Waals surface area contributed by atoms with Crippen LogP contribution in [0, 0.1) is 0 Å². The zero-order chi connectivity index (χ0) is 20.4. The van der Waals surface area contributed by atoms with Crippen molar-refractivity contribution < 1.29 is 13.2 Å². The van der Waals surface area contributed by atoms with E-state index in [4.69, 9.17) is 9.72 Å². The molecule has 1 aliphatic heterocycles. The molecule has 1 aromatic carbocycles. The summed E-state index contributed by atoms with van der Waals surface area (Å²) in [6.45, 7) is 8.68. The number of ether oxygens (including phenoxy) is 1. The van der Waals surface area contributed by atoms with Crippen LogP contribution in [0.2, 0.25) is 0 Å². The fraction of sp³-hybridized carbons (Fsp3) is 0.667. The highest BCUT2D eigenvalue weighted by Gasteiger charge is 2.28. The van der Waals surface area contributed by atoms with Gasteiger partial charge in [-0.15, -0.1) is 0 Å². The van der Waals surface area contributed by atoms with Crippen molar-refractivity contribution in [3.8, 4) is 0 Å². The fourth-order valence-corrected chi connectivity index (χ4v) is 6.11. The van der Waals surface area contributed by atoms with Gasteiger partial charge >= 0.3 is 0 Å². The third-order valence-corrected chi connectivity index (χ3v) is 8.21. The van der Waals surface area contributed by atoms with Gasteiger partial charge in [0, 0.05) is 25.7 Å². The van der Waals surface area contributed by atoms with Gasteiger partial charge in [-0.05, 0) is 44.5 Å². The quantitative estimate of drug-likeness (QED) is 0.689. The number of aryl methyl sites for hydroxylation is 1. The van der Waals surface area contributed by atoms with Gasteiger partial charge < -0.3 is 9.30 Å². The number of imidazole rings is 1. The van der Waals surface area contributed by atoms with E-state index < -0.39 is 10.0 Å². The van der Waals surface area contributed by atoms with E-state index in [1.54, 1.807) is 12.1 Å². The summed E-state index contributed by atoms with van der Waals surface area (Å²) in [7, 11) is -3.51. The van der Waals surface area contributed by atoms with Crippen LogP contribution >= 0.6 is 0 Å². The Morgan fingerprint density at radius 3 is 2.55 bits per heavy atom. The average Bonchev–Trinajstić information content (AvgIpc) is 3.39. The Morgan fingerprint density at radius 1 is 1.17 bits per heavy atom. The predicted molar refractivity (Wildman–Crippen MR) is 113 cm³/mol. The Morgan fingerprint density at radius 2 is 1.90 bits per heavy atom. The first-order valence-corrected chi connectivity index (χ1v) is 12.3. The largest absolute Gasteiger partial charge is 0.379 e. The number of benzene rings is 1. The summed E-state index contributed by atoms with van der Waals surface area (Å²) in [5, 5.41) is 0. The molecule has 0 bridgehead atoms. The molecule has 0 unspecified atom stereocenters. The molecular weight excluding hydrogens is 388 g/mol. The van der Waals surface area contributed by atoms with Crippen LogP contribution in [-0.4, -0.2) is 66.1 Å². The maximum absolute atomic E-state index is 13.0. The lowest BCUT2D eigenvalue weighted by Gasteiger charge is -2.27. The molecule has 0 N–H and O–H groups in total. The Balaban J connectivity index is 1.65. The molecule has 1 aromatic heterocycles. The highest BCUT2D eigenvalue weighted by atomic mass is 32.2. The second-order valence-electron chi connectivity index (χ2n) is 7.94. The highest BCUT2D eigenvalue weighted by Crippen LogP contribution is 2.27. The molecule has 2 aliphatic rings.